The summed E-state index contributed by atoms with van der Waals surface area (Å²) in [6.45, 7) is 2.06. The van der Waals surface area contributed by atoms with Gasteiger partial charge < -0.3 is 9.53 Å². The van der Waals surface area contributed by atoms with Gasteiger partial charge in [-0.25, -0.2) is 0 Å². The molecule has 14 heavy (non-hydrogen) atoms. The number of hydrogen-bond donors (Lipinski definition) is 0. The first-order valence-electron chi connectivity index (χ1n) is 4.51. The minimum Gasteiger partial charge on any atom is -0.496 e. The lowest BCUT2D eigenvalue weighted by Crippen LogP contribution is -1.98. The highest BCUT2D eigenvalue weighted by molar-refractivity contribution is 9.10. The molecule has 1 aromatic carbocycles. The van der Waals surface area contributed by atoms with Crippen molar-refractivity contribution < 1.29 is 9.53 Å². The zero-order valence-corrected chi connectivity index (χ0v) is 9.93. The molecule has 1 aromatic rings. The summed E-state index contributed by atoms with van der Waals surface area (Å²) >= 11 is 3.42. The monoisotopic (exact) mass is 256 g/mol. The smallest absolute Gasteiger partial charge is 0.125 e. The molecule has 0 saturated heterocycles. The number of aldehydes is 1. The third-order valence-electron chi connectivity index (χ3n) is 2.10. The number of methoxy groups -OCH3 is 1. The van der Waals surface area contributed by atoms with E-state index in [0.717, 1.165) is 34.1 Å². The lowest BCUT2D eigenvalue weighted by atomic mass is 10.0. The number of aryl methyl sites for hydroxylation is 1. The minimum absolute atomic E-state index is 0.398. The van der Waals surface area contributed by atoms with Gasteiger partial charge in [0.1, 0.15) is 12.0 Å². The van der Waals surface area contributed by atoms with Crippen LogP contribution < -0.4 is 4.74 Å². The van der Waals surface area contributed by atoms with Gasteiger partial charge in [-0.3, -0.25) is 0 Å². The van der Waals surface area contributed by atoms with Gasteiger partial charge in [0.2, 0.25) is 0 Å². The van der Waals surface area contributed by atoms with E-state index >= 15 is 0 Å². The van der Waals surface area contributed by atoms with Crippen molar-refractivity contribution in [3.8, 4) is 5.75 Å². The molecule has 3 heteroatoms. The molecule has 0 unspecified atom stereocenters. The first-order chi connectivity index (χ1) is 6.72. The highest BCUT2D eigenvalue weighted by Crippen LogP contribution is 2.28. The lowest BCUT2D eigenvalue weighted by molar-refractivity contribution is -0.107. The van der Waals surface area contributed by atoms with Crippen LogP contribution in [0.5, 0.6) is 5.75 Å². The van der Waals surface area contributed by atoms with Crippen molar-refractivity contribution in [3.63, 3.8) is 0 Å². The fraction of sp³-hybridized carbons (Fsp3) is 0.364. The van der Waals surface area contributed by atoms with Crippen LogP contribution in [0.2, 0.25) is 0 Å². The van der Waals surface area contributed by atoms with E-state index in [2.05, 4.69) is 22.9 Å². The maximum Gasteiger partial charge on any atom is 0.125 e. The molecule has 0 amide bonds. The maximum atomic E-state index is 10.5. The average molecular weight is 257 g/mol. The molecule has 0 fully saturated rings. The third kappa shape index (κ3) is 2.35. The van der Waals surface area contributed by atoms with Gasteiger partial charge in [-0.2, -0.15) is 0 Å². The molecular formula is C11H13BrO2. The molecular weight excluding hydrogens is 244 g/mol. The molecule has 2 nitrogen and oxygen atoms in total. The van der Waals surface area contributed by atoms with Gasteiger partial charge in [0.15, 0.2) is 0 Å². The van der Waals surface area contributed by atoms with E-state index in [1.165, 1.54) is 0 Å². The van der Waals surface area contributed by atoms with Crippen molar-refractivity contribution in [1.82, 2.24) is 0 Å². The molecule has 1 rings (SSSR count). The van der Waals surface area contributed by atoms with Crippen molar-refractivity contribution in [2.24, 2.45) is 0 Å². The molecule has 0 atom stereocenters. The van der Waals surface area contributed by atoms with E-state index in [1.54, 1.807) is 7.11 Å². The predicted molar refractivity (Wildman–Crippen MR) is 59.8 cm³/mol. The number of benzene rings is 1. The molecule has 0 heterocycles. The van der Waals surface area contributed by atoms with Crippen LogP contribution in [-0.2, 0) is 17.6 Å². The lowest BCUT2D eigenvalue weighted by Gasteiger charge is -2.11. The van der Waals surface area contributed by atoms with E-state index in [9.17, 15) is 4.79 Å². The van der Waals surface area contributed by atoms with Gasteiger partial charge in [0, 0.05) is 16.5 Å². The number of rotatable bonds is 4. The van der Waals surface area contributed by atoms with E-state index in [1.807, 2.05) is 12.1 Å². The number of hydrogen-bond acceptors (Lipinski definition) is 2. The van der Waals surface area contributed by atoms with Crippen molar-refractivity contribution in [2.75, 3.05) is 7.11 Å². The molecule has 0 radical (unpaired) electrons. The van der Waals surface area contributed by atoms with Crippen LogP contribution in [0.4, 0.5) is 0 Å². The van der Waals surface area contributed by atoms with E-state index in [0.29, 0.717) is 6.42 Å². The van der Waals surface area contributed by atoms with Gasteiger partial charge in [0.25, 0.3) is 0 Å². The van der Waals surface area contributed by atoms with Crippen LogP contribution in [0.15, 0.2) is 16.6 Å². The summed E-state index contributed by atoms with van der Waals surface area (Å²) in [7, 11) is 1.64. The summed E-state index contributed by atoms with van der Waals surface area (Å²) in [6.07, 6.45) is 2.19. The van der Waals surface area contributed by atoms with Crippen molar-refractivity contribution in [3.05, 3.63) is 27.7 Å². The minimum atomic E-state index is 0.398. The first kappa shape index (κ1) is 11.2. The van der Waals surface area contributed by atoms with Crippen molar-refractivity contribution in [2.45, 2.75) is 19.8 Å². The molecule has 0 aliphatic heterocycles. The summed E-state index contributed by atoms with van der Waals surface area (Å²) < 4.78 is 6.29. The van der Waals surface area contributed by atoms with E-state index < -0.39 is 0 Å². The van der Waals surface area contributed by atoms with Crippen molar-refractivity contribution >= 4 is 22.2 Å². The second-order valence-corrected chi connectivity index (χ2v) is 3.90. The van der Waals surface area contributed by atoms with Crippen molar-refractivity contribution in [1.29, 1.82) is 0 Å². The van der Waals surface area contributed by atoms with Crippen LogP contribution in [0.3, 0.4) is 0 Å². The quantitative estimate of drug-likeness (QED) is 0.775. The van der Waals surface area contributed by atoms with Gasteiger partial charge in [0.05, 0.1) is 7.11 Å². The zero-order chi connectivity index (χ0) is 10.6. The van der Waals surface area contributed by atoms with E-state index in [-0.39, 0.29) is 0 Å². The summed E-state index contributed by atoms with van der Waals surface area (Å²) in [4.78, 5) is 10.5. The Hall–Kier alpha value is -0.830. The fourth-order valence-corrected chi connectivity index (χ4v) is 2.03. The third-order valence-corrected chi connectivity index (χ3v) is 2.55. The largest absolute Gasteiger partial charge is 0.496 e. The number of halogens is 1. The average Bonchev–Trinajstić information content (AvgIpc) is 2.17. The molecule has 0 N–H and O–H groups in total. The van der Waals surface area contributed by atoms with Crippen LogP contribution in [0, 0.1) is 0 Å². The molecule has 76 valence electrons. The highest BCUT2D eigenvalue weighted by atomic mass is 79.9. The molecule has 0 spiro atoms. The Kier molecular flexibility index (Phi) is 4.14. The second-order valence-electron chi connectivity index (χ2n) is 2.98. The van der Waals surface area contributed by atoms with Crippen LogP contribution in [0.1, 0.15) is 18.1 Å². The first-order valence-corrected chi connectivity index (χ1v) is 5.31. The molecule has 0 aliphatic carbocycles. The van der Waals surface area contributed by atoms with Gasteiger partial charge in [-0.1, -0.05) is 22.9 Å². The topological polar surface area (TPSA) is 26.3 Å². The SMILES string of the molecule is CCc1cc(Br)cc(CC=O)c1OC. The van der Waals surface area contributed by atoms with Gasteiger partial charge in [-0.05, 0) is 24.1 Å². The molecule has 0 bridgehead atoms. The Morgan fingerprint density at radius 1 is 1.43 bits per heavy atom. The fourth-order valence-electron chi connectivity index (χ4n) is 1.48. The Balaban J connectivity index is 3.23. The standard InChI is InChI=1S/C11H13BrO2/c1-3-8-6-10(12)7-9(4-5-13)11(8)14-2/h5-7H,3-4H2,1-2H3. The highest BCUT2D eigenvalue weighted by Gasteiger charge is 2.08. The number of carbonyl (C=O) groups is 1. The predicted octanol–water partition coefficient (Wildman–Crippen LogP) is 2.76. The number of ether oxygens (including phenoxy) is 1. The van der Waals surface area contributed by atoms with E-state index in [4.69, 9.17) is 4.74 Å². The number of carbonyl (C=O) groups excluding carboxylic acids is 1. The zero-order valence-electron chi connectivity index (χ0n) is 8.34. The Morgan fingerprint density at radius 3 is 2.57 bits per heavy atom. The second kappa shape index (κ2) is 5.15. The molecule has 0 aromatic heterocycles. The van der Waals surface area contributed by atoms with Gasteiger partial charge in [-0.15, -0.1) is 0 Å². The summed E-state index contributed by atoms with van der Waals surface area (Å²) in [5.41, 5.74) is 2.06. The maximum absolute atomic E-state index is 10.5. The Morgan fingerprint density at radius 2 is 2.07 bits per heavy atom. The summed E-state index contributed by atoms with van der Waals surface area (Å²) in [5, 5.41) is 0. The molecule has 0 saturated carbocycles. The Bertz CT molecular complexity index is 334. The van der Waals surface area contributed by atoms with Crippen LogP contribution in [0.25, 0.3) is 0 Å². The molecule has 0 aliphatic rings. The summed E-state index contributed by atoms with van der Waals surface area (Å²) in [5.74, 6) is 0.836. The van der Waals surface area contributed by atoms with Gasteiger partial charge >= 0.3 is 0 Å². The Labute approximate surface area is 92.4 Å². The normalized spacial score (nSPS) is 9.93. The summed E-state index contributed by atoms with van der Waals surface area (Å²) in [6, 6.07) is 3.94. The van der Waals surface area contributed by atoms with Crippen LogP contribution >= 0.6 is 15.9 Å². The van der Waals surface area contributed by atoms with Crippen LogP contribution in [-0.4, -0.2) is 13.4 Å².